The minimum Gasteiger partial charge on any atom is -0.323 e. The molecule has 0 spiro atoms. The molecule has 0 fully saturated rings. The molecule has 0 aromatic heterocycles. The maximum Gasteiger partial charge on any atom is 0.254 e. The first-order valence-electron chi connectivity index (χ1n) is 7.11. The Kier molecular flexibility index (Phi) is 4.62. The van der Waals surface area contributed by atoms with E-state index in [4.69, 9.17) is 0 Å². The van der Waals surface area contributed by atoms with E-state index in [9.17, 15) is 4.79 Å². The molecule has 0 atom stereocenters. The van der Waals surface area contributed by atoms with Crippen LogP contribution in [0.3, 0.4) is 0 Å². The van der Waals surface area contributed by atoms with Crippen molar-refractivity contribution in [2.45, 2.75) is 0 Å². The summed E-state index contributed by atoms with van der Waals surface area (Å²) in [6.45, 7) is 0. The van der Waals surface area contributed by atoms with Crippen molar-refractivity contribution in [2.24, 2.45) is 0 Å². The van der Waals surface area contributed by atoms with Crippen molar-refractivity contribution < 1.29 is 4.79 Å². The first-order valence-corrected chi connectivity index (χ1v) is 8.45. The number of nitrogens with one attached hydrogen (secondary N) is 1. The standard InChI is InChI=1S/C19H16NOP/c21-19(16-10-4-1-5-11-16)20-22(17-12-6-2-7-13-17)18-14-8-3-9-15-18/h1-15H,(H,20,21). The molecule has 2 nitrogen and oxygen atoms in total. The van der Waals surface area contributed by atoms with Crippen LogP contribution >= 0.6 is 8.07 Å². The molecule has 3 aromatic carbocycles. The largest absolute Gasteiger partial charge is 0.323 e. The van der Waals surface area contributed by atoms with Gasteiger partial charge < -0.3 is 5.09 Å². The van der Waals surface area contributed by atoms with Gasteiger partial charge in [0.1, 0.15) is 0 Å². The van der Waals surface area contributed by atoms with Crippen LogP contribution in [0, 0.1) is 0 Å². The molecule has 108 valence electrons. The van der Waals surface area contributed by atoms with Crippen LogP contribution < -0.4 is 15.7 Å². The second-order valence-electron chi connectivity index (χ2n) is 4.81. The van der Waals surface area contributed by atoms with Crippen LogP contribution in [-0.4, -0.2) is 5.91 Å². The second kappa shape index (κ2) is 7.02. The topological polar surface area (TPSA) is 29.1 Å². The summed E-state index contributed by atoms with van der Waals surface area (Å²) < 4.78 is 0. The van der Waals surface area contributed by atoms with Gasteiger partial charge in [0.2, 0.25) is 0 Å². The van der Waals surface area contributed by atoms with Crippen molar-refractivity contribution in [3.05, 3.63) is 96.6 Å². The van der Waals surface area contributed by atoms with Gasteiger partial charge in [-0.05, 0) is 12.1 Å². The second-order valence-corrected chi connectivity index (χ2v) is 6.74. The predicted octanol–water partition coefficient (Wildman–Crippen LogP) is 3.46. The molecule has 0 saturated heterocycles. The third-order valence-corrected chi connectivity index (χ3v) is 5.33. The number of hydrogen-bond donors (Lipinski definition) is 1. The van der Waals surface area contributed by atoms with Crippen LogP contribution in [-0.2, 0) is 0 Å². The Hall–Kier alpha value is -2.44. The third kappa shape index (κ3) is 3.41. The minimum atomic E-state index is -0.913. The molecule has 0 radical (unpaired) electrons. The molecule has 0 aliphatic heterocycles. The molecule has 0 heterocycles. The van der Waals surface area contributed by atoms with E-state index in [-0.39, 0.29) is 5.91 Å². The maximum absolute atomic E-state index is 12.5. The highest BCUT2D eigenvalue weighted by Gasteiger charge is 2.17. The molecule has 3 heteroatoms. The lowest BCUT2D eigenvalue weighted by molar-refractivity contribution is 0.0983. The van der Waals surface area contributed by atoms with Gasteiger partial charge in [0.25, 0.3) is 5.91 Å². The fourth-order valence-corrected chi connectivity index (χ4v) is 4.02. The SMILES string of the molecule is O=C(NP(c1ccccc1)c1ccccc1)c1ccccc1. The third-order valence-electron chi connectivity index (χ3n) is 3.28. The van der Waals surface area contributed by atoms with Crippen molar-refractivity contribution >= 4 is 24.6 Å². The summed E-state index contributed by atoms with van der Waals surface area (Å²) in [6.07, 6.45) is 0. The summed E-state index contributed by atoms with van der Waals surface area (Å²) in [6, 6.07) is 29.6. The summed E-state index contributed by atoms with van der Waals surface area (Å²) in [5, 5.41) is 5.46. The summed E-state index contributed by atoms with van der Waals surface area (Å²) in [5.74, 6) is -0.0422. The Morgan fingerprint density at radius 1 is 0.636 bits per heavy atom. The van der Waals surface area contributed by atoms with E-state index < -0.39 is 8.07 Å². The van der Waals surface area contributed by atoms with Crippen molar-refractivity contribution in [3.63, 3.8) is 0 Å². The van der Waals surface area contributed by atoms with Crippen LogP contribution in [0.4, 0.5) is 0 Å². The molecule has 1 N–H and O–H groups in total. The van der Waals surface area contributed by atoms with Crippen LogP contribution in [0.1, 0.15) is 10.4 Å². The van der Waals surface area contributed by atoms with E-state index in [0.717, 1.165) is 10.6 Å². The first kappa shape index (κ1) is 14.5. The minimum absolute atomic E-state index is 0.0422. The van der Waals surface area contributed by atoms with Gasteiger partial charge in [-0.2, -0.15) is 0 Å². The molecular formula is C19H16NOP. The van der Waals surface area contributed by atoms with E-state index in [1.807, 2.05) is 66.7 Å². The Labute approximate surface area is 131 Å². The van der Waals surface area contributed by atoms with Crippen LogP contribution in [0.25, 0.3) is 0 Å². The molecule has 0 aliphatic rings. The number of carbonyl (C=O) groups is 1. The average molecular weight is 305 g/mol. The molecule has 0 saturated carbocycles. The highest BCUT2D eigenvalue weighted by Crippen LogP contribution is 2.28. The van der Waals surface area contributed by atoms with Gasteiger partial charge in [-0.3, -0.25) is 4.79 Å². The maximum atomic E-state index is 12.5. The number of rotatable bonds is 4. The van der Waals surface area contributed by atoms with Crippen molar-refractivity contribution in [2.75, 3.05) is 0 Å². The molecule has 3 aromatic rings. The predicted molar refractivity (Wildman–Crippen MR) is 93.0 cm³/mol. The van der Waals surface area contributed by atoms with E-state index >= 15 is 0 Å². The number of hydrogen-bond acceptors (Lipinski definition) is 1. The lowest BCUT2D eigenvalue weighted by Crippen LogP contribution is -2.28. The number of benzene rings is 3. The smallest absolute Gasteiger partial charge is 0.254 e. The summed E-state index contributed by atoms with van der Waals surface area (Å²) in [4.78, 5) is 12.5. The van der Waals surface area contributed by atoms with Gasteiger partial charge in [-0.1, -0.05) is 78.9 Å². The lowest BCUT2D eigenvalue weighted by atomic mass is 10.2. The summed E-state index contributed by atoms with van der Waals surface area (Å²) in [5.41, 5.74) is 0.682. The molecule has 1 amide bonds. The van der Waals surface area contributed by atoms with Gasteiger partial charge in [0.15, 0.2) is 0 Å². The van der Waals surface area contributed by atoms with Crippen LogP contribution in [0.15, 0.2) is 91.0 Å². The fourth-order valence-electron chi connectivity index (χ4n) is 2.19. The monoisotopic (exact) mass is 305 g/mol. The van der Waals surface area contributed by atoms with Gasteiger partial charge in [0, 0.05) is 16.2 Å². The molecule has 0 bridgehead atoms. The Balaban J connectivity index is 1.91. The summed E-state index contributed by atoms with van der Waals surface area (Å²) in [7, 11) is -0.913. The van der Waals surface area contributed by atoms with Crippen molar-refractivity contribution in [1.82, 2.24) is 5.09 Å². The molecular weight excluding hydrogens is 289 g/mol. The van der Waals surface area contributed by atoms with E-state index in [1.54, 1.807) is 0 Å². The lowest BCUT2D eigenvalue weighted by Gasteiger charge is -2.19. The molecule has 22 heavy (non-hydrogen) atoms. The zero-order valence-electron chi connectivity index (χ0n) is 12.0. The van der Waals surface area contributed by atoms with Crippen LogP contribution in [0.2, 0.25) is 0 Å². The highest BCUT2D eigenvalue weighted by atomic mass is 31.1. The summed E-state index contributed by atoms with van der Waals surface area (Å²) >= 11 is 0. The quantitative estimate of drug-likeness (QED) is 0.735. The van der Waals surface area contributed by atoms with E-state index in [0.29, 0.717) is 5.56 Å². The zero-order valence-corrected chi connectivity index (χ0v) is 12.9. The van der Waals surface area contributed by atoms with E-state index in [1.165, 1.54) is 0 Å². The van der Waals surface area contributed by atoms with Gasteiger partial charge in [-0.25, -0.2) is 0 Å². The van der Waals surface area contributed by atoms with Crippen molar-refractivity contribution in [3.8, 4) is 0 Å². The molecule has 3 rings (SSSR count). The Morgan fingerprint density at radius 3 is 1.50 bits per heavy atom. The first-order chi connectivity index (χ1) is 10.8. The number of carbonyl (C=O) groups excluding carboxylic acids is 1. The van der Waals surface area contributed by atoms with Gasteiger partial charge >= 0.3 is 0 Å². The normalized spacial score (nSPS) is 10.4. The van der Waals surface area contributed by atoms with Crippen molar-refractivity contribution in [1.29, 1.82) is 0 Å². The fraction of sp³-hybridized carbons (Fsp3) is 0. The zero-order chi connectivity index (χ0) is 15.2. The van der Waals surface area contributed by atoms with Gasteiger partial charge in [-0.15, -0.1) is 0 Å². The molecule has 0 aliphatic carbocycles. The van der Waals surface area contributed by atoms with Gasteiger partial charge in [0.05, 0.1) is 8.07 Å². The Morgan fingerprint density at radius 2 is 1.05 bits per heavy atom. The Bertz CT molecular complexity index is 690. The van der Waals surface area contributed by atoms with E-state index in [2.05, 4.69) is 29.4 Å². The molecule has 0 unspecified atom stereocenters. The average Bonchev–Trinajstić information content (AvgIpc) is 2.62. The van der Waals surface area contributed by atoms with Crippen LogP contribution in [0.5, 0.6) is 0 Å². The number of amides is 1. The highest BCUT2D eigenvalue weighted by molar-refractivity contribution is 7.71.